The van der Waals surface area contributed by atoms with E-state index in [1.165, 1.54) is 0 Å². The van der Waals surface area contributed by atoms with Crippen LogP contribution in [0.2, 0.25) is 0 Å². The van der Waals surface area contributed by atoms with E-state index in [0.717, 1.165) is 18.6 Å². The third-order valence-corrected chi connectivity index (χ3v) is 4.36. The van der Waals surface area contributed by atoms with Gasteiger partial charge < -0.3 is 20.0 Å². The Morgan fingerprint density at radius 2 is 1.96 bits per heavy atom. The summed E-state index contributed by atoms with van der Waals surface area (Å²) in [5, 5.41) is 6.09. The largest absolute Gasteiger partial charge is 0.466 e. The summed E-state index contributed by atoms with van der Waals surface area (Å²) < 4.78 is 5.40. The number of hydrogen-bond acceptors (Lipinski definition) is 4. The van der Waals surface area contributed by atoms with E-state index in [0.29, 0.717) is 31.0 Å². The highest BCUT2D eigenvalue weighted by Gasteiger charge is 2.27. The zero-order valence-corrected chi connectivity index (χ0v) is 15.7. The Kier molecular flexibility index (Phi) is 7.76. The van der Waals surface area contributed by atoms with Crippen LogP contribution in [0.5, 0.6) is 0 Å². The number of amides is 2. The first kappa shape index (κ1) is 20.5. The molecule has 1 atom stereocenters. The van der Waals surface area contributed by atoms with E-state index in [9.17, 15) is 9.59 Å². The number of furan rings is 1. The van der Waals surface area contributed by atoms with Gasteiger partial charge in [0.2, 0.25) is 5.91 Å². The molecule has 6 nitrogen and oxygen atoms in total. The molecule has 2 amide bonds. The van der Waals surface area contributed by atoms with Crippen LogP contribution in [0.1, 0.15) is 41.6 Å². The monoisotopic (exact) mass is 357 g/mol. The van der Waals surface area contributed by atoms with E-state index in [4.69, 9.17) is 4.42 Å². The molecule has 1 fully saturated rings. The minimum absolute atomic E-state index is 0. The molecule has 0 bridgehead atoms. The molecular weight excluding hydrogens is 330 g/mol. The Morgan fingerprint density at radius 3 is 2.46 bits per heavy atom. The fourth-order valence-corrected chi connectivity index (χ4v) is 3.07. The van der Waals surface area contributed by atoms with Crippen molar-refractivity contribution in [1.82, 2.24) is 15.5 Å². The van der Waals surface area contributed by atoms with Crippen molar-refractivity contribution in [2.75, 3.05) is 26.7 Å². The summed E-state index contributed by atoms with van der Waals surface area (Å²) in [6.45, 7) is 7.65. The van der Waals surface area contributed by atoms with Crippen LogP contribution in [0.15, 0.2) is 10.5 Å². The number of halogens is 1. The molecule has 1 saturated heterocycles. The molecule has 0 saturated carbocycles. The molecule has 1 aromatic rings. The lowest BCUT2D eigenvalue weighted by Crippen LogP contribution is -2.48. The topological polar surface area (TPSA) is 74.6 Å². The molecule has 24 heavy (non-hydrogen) atoms. The van der Waals surface area contributed by atoms with Crippen molar-refractivity contribution < 1.29 is 14.0 Å². The maximum Gasteiger partial charge on any atom is 0.255 e. The number of hydrogen-bond donors (Lipinski definition) is 2. The highest BCUT2D eigenvalue weighted by molar-refractivity contribution is 5.95. The van der Waals surface area contributed by atoms with E-state index in [1.807, 2.05) is 25.8 Å². The SMILES string of the molecule is CNCC(C)C(=O)N1CCC(NC(=O)c2cc(C)oc2C)CC1.Cl. The van der Waals surface area contributed by atoms with E-state index >= 15 is 0 Å². The van der Waals surface area contributed by atoms with Gasteiger partial charge in [-0.15, -0.1) is 12.4 Å². The maximum absolute atomic E-state index is 12.3. The standard InChI is InChI=1S/C17H27N3O3.ClH/c1-11(10-18-4)17(22)20-7-5-14(6-8-20)19-16(21)15-9-12(2)23-13(15)3;/h9,11,14,18H,5-8,10H2,1-4H3,(H,19,21);1H. The van der Waals surface area contributed by atoms with Crippen LogP contribution >= 0.6 is 12.4 Å². The second kappa shape index (κ2) is 9.08. The molecule has 2 N–H and O–H groups in total. The first-order valence-corrected chi connectivity index (χ1v) is 8.23. The molecule has 0 radical (unpaired) electrons. The summed E-state index contributed by atoms with van der Waals surface area (Å²) in [5.74, 6) is 1.47. The van der Waals surface area contributed by atoms with E-state index < -0.39 is 0 Å². The van der Waals surface area contributed by atoms with Crippen molar-refractivity contribution in [2.24, 2.45) is 5.92 Å². The molecule has 0 spiro atoms. The Labute approximate surface area is 149 Å². The number of carbonyl (C=O) groups is 2. The lowest BCUT2D eigenvalue weighted by atomic mass is 10.0. The van der Waals surface area contributed by atoms with Crippen molar-refractivity contribution in [3.05, 3.63) is 23.2 Å². The van der Waals surface area contributed by atoms with Crippen LogP contribution in [-0.2, 0) is 4.79 Å². The molecule has 2 rings (SSSR count). The average molecular weight is 358 g/mol. The normalized spacial score (nSPS) is 16.4. The van der Waals surface area contributed by atoms with Gasteiger partial charge in [-0.25, -0.2) is 0 Å². The van der Waals surface area contributed by atoms with E-state index in [-0.39, 0.29) is 36.2 Å². The van der Waals surface area contributed by atoms with Crippen LogP contribution < -0.4 is 10.6 Å². The molecule has 136 valence electrons. The number of nitrogens with zero attached hydrogens (tertiary/aromatic N) is 1. The zero-order valence-electron chi connectivity index (χ0n) is 14.8. The van der Waals surface area contributed by atoms with Gasteiger partial charge in [0.15, 0.2) is 0 Å². The lowest BCUT2D eigenvalue weighted by Gasteiger charge is -2.34. The summed E-state index contributed by atoms with van der Waals surface area (Å²) in [6, 6.07) is 1.88. The van der Waals surface area contributed by atoms with Crippen molar-refractivity contribution in [2.45, 2.75) is 39.7 Å². The van der Waals surface area contributed by atoms with Gasteiger partial charge in [0.1, 0.15) is 11.5 Å². The Balaban J connectivity index is 0.00000288. The third-order valence-electron chi connectivity index (χ3n) is 4.36. The quantitative estimate of drug-likeness (QED) is 0.844. The number of likely N-dealkylation sites (tertiary alicyclic amines) is 1. The van der Waals surface area contributed by atoms with Gasteiger partial charge in [0.05, 0.1) is 5.56 Å². The minimum Gasteiger partial charge on any atom is -0.466 e. The van der Waals surface area contributed by atoms with Gasteiger partial charge in [0, 0.05) is 31.6 Å². The zero-order chi connectivity index (χ0) is 17.0. The summed E-state index contributed by atoms with van der Waals surface area (Å²) >= 11 is 0. The average Bonchev–Trinajstić information content (AvgIpc) is 2.86. The minimum atomic E-state index is -0.0901. The summed E-state index contributed by atoms with van der Waals surface area (Å²) in [5.41, 5.74) is 0.601. The third kappa shape index (κ3) is 4.98. The van der Waals surface area contributed by atoms with Gasteiger partial charge in [-0.05, 0) is 39.8 Å². The van der Waals surface area contributed by atoms with Crippen LogP contribution in [0, 0.1) is 19.8 Å². The first-order valence-electron chi connectivity index (χ1n) is 8.23. The summed E-state index contributed by atoms with van der Waals surface area (Å²) in [4.78, 5) is 26.5. The lowest BCUT2D eigenvalue weighted by molar-refractivity contribution is -0.135. The molecule has 7 heteroatoms. The van der Waals surface area contributed by atoms with Crippen LogP contribution in [0.4, 0.5) is 0 Å². The van der Waals surface area contributed by atoms with Crippen LogP contribution in [0.25, 0.3) is 0 Å². The van der Waals surface area contributed by atoms with Crippen molar-refractivity contribution in [3.63, 3.8) is 0 Å². The Hall–Kier alpha value is -1.53. The fourth-order valence-electron chi connectivity index (χ4n) is 3.07. The number of rotatable bonds is 5. The summed E-state index contributed by atoms with van der Waals surface area (Å²) in [6.07, 6.45) is 1.58. The maximum atomic E-state index is 12.3. The molecule has 0 aromatic carbocycles. The second-order valence-corrected chi connectivity index (χ2v) is 6.36. The molecule has 1 aliphatic heterocycles. The second-order valence-electron chi connectivity index (χ2n) is 6.36. The fraction of sp³-hybridized carbons (Fsp3) is 0.647. The molecular formula is C17H28ClN3O3. The van der Waals surface area contributed by atoms with Gasteiger partial charge in [-0.2, -0.15) is 0 Å². The number of nitrogens with one attached hydrogen (secondary N) is 2. The highest BCUT2D eigenvalue weighted by atomic mass is 35.5. The molecule has 0 aliphatic carbocycles. The number of piperidine rings is 1. The predicted molar refractivity (Wildman–Crippen MR) is 95.6 cm³/mol. The van der Waals surface area contributed by atoms with Gasteiger partial charge in [-0.1, -0.05) is 6.92 Å². The highest BCUT2D eigenvalue weighted by Crippen LogP contribution is 2.17. The Morgan fingerprint density at radius 1 is 1.33 bits per heavy atom. The van der Waals surface area contributed by atoms with Crippen molar-refractivity contribution >= 4 is 24.2 Å². The predicted octanol–water partition coefficient (Wildman–Crippen LogP) is 1.89. The number of carbonyl (C=O) groups excluding carboxylic acids is 2. The molecule has 1 unspecified atom stereocenters. The van der Waals surface area contributed by atoms with E-state index in [1.54, 1.807) is 13.0 Å². The van der Waals surface area contributed by atoms with Crippen LogP contribution in [0.3, 0.4) is 0 Å². The number of aryl methyl sites for hydroxylation is 2. The van der Waals surface area contributed by atoms with Crippen LogP contribution in [-0.4, -0.2) is 49.4 Å². The molecule has 1 aliphatic rings. The molecule has 2 heterocycles. The Bertz CT molecular complexity index is 565. The summed E-state index contributed by atoms with van der Waals surface area (Å²) in [7, 11) is 1.85. The smallest absolute Gasteiger partial charge is 0.255 e. The van der Waals surface area contributed by atoms with Crippen molar-refractivity contribution in [3.8, 4) is 0 Å². The van der Waals surface area contributed by atoms with Crippen molar-refractivity contribution in [1.29, 1.82) is 0 Å². The van der Waals surface area contributed by atoms with E-state index in [2.05, 4.69) is 10.6 Å². The first-order chi connectivity index (χ1) is 10.9. The molecule has 1 aromatic heterocycles. The van der Waals surface area contributed by atoms with Gasteiger partial charge in [-0.3, -0.25) is 9.59 Å². The van der Waals surface area contributed by atoms with Gasteiger partial charge >= 0.3 is 0 Å². The van der Waals surface area contributed by atoms with Gasteiger partial charge in [0.25, 0.3) is 5.91 Å².